The molecule has 2 rings (SSSR count). The SMILES string of the molecule is CC(CNC(=O)C1CCNC1)Cn1cccn1.Cl. The van der Waals surface area contributed by atoms with E-state index in [1.165, 1.54) is 0 Å². The molecule has 0 aliphatic carbocycles. The van der Waals surface area contributed by atoms with Gasteiger partial charge in [-0.05, 0) is 24.9 Å². The molecular weight excluding hydrogens is 252 g/mol. The van der Waals surface area contributed by atoms with Crippen LogP contribution in [0.2, 0.25) is 0 Å². The normalized spacial score (nSPS) is 20.2. The van der Waals surface area contributed by atoms with E-state index in [4.69, 9.17) is 0 Å². The number of carbonyl (C=O) groups is 1. The highest BCUT2D eigenvalue weighted by Gasteiger charge is 2.22. The number of nitrogens with one attached hydrogen (secondary N) is 2. The van der Waals surface area contributed by atoms with Crippen molar-refractivity contribution >= 4 is 18.3 Å². The van der Waals surface area contributed by atoms with Crippen LogP contribution in [-0.2, 0) is 11.3 Å². The predicted molar refractivity (Wildman–Crippen MR) is 72.6 cm³/mol. The van der Waals surface area contributed by atoms with Gasteiger partial charge in [0.25, 0.3) is 0 Å². The molecule has 0 saturated carbocycles. The Balaban J connectivity index is 0.00000162. The molecule has 1 aromatic heterocycles. The number of halogens is 1. The summed E-state index contributed by atoms with van der Waals surface area (Å²) in [5.41, 5.74) is 0. The third-order valence-corrected chi connectivity index (χ3v) is 3.11. The molecule has 1 fully saturated rings. The fraction of sp³-hybridized carbons (Fsp3) is 0.667. The van der Waals surface area contributed by atoms with Crippen molar-refractivity contribution in [1.29, 1.82) is 0 Å². The lowest BCUT2D eigenvalue weighted by Crippen LogP contribution is -2.35. The van der Waals surface area contributed by atoms with E-state index in [1.807, 2.05) is 16.9 Å². The molecule has 2 atom stereocenters. The highest BCUT2D eigenvalue weighted by molar-refractivity contribution is 5.85. The minimum Gasteiger partial charge on any atom is -0.355 e. The molecular formula is C12H21ClN4O. The Morgan fingerprint density at radius 1 is 1.67 bits per heavy atom. The first kappa shape index (κ1) is 15.0. The van der Waals surface area contributed by atoms with E-state index < -0.39 is 0 Å². The molecule has 0 radical (unpaired) electrons. The molecule has 102 valence electrons. The topological polar surface area (TPSA) is 59.0 Å². The second kappa shape index (κ2) is 7.38. The van der Waals surface area contributed by atoms with Gasteiger partial charge in [-0.25, -0.2) is 0 Å². The Morgan fingerprint density at radius 2 is 2.50 bits per heavy atom. The predicted octanol–water partition coefficient (Wildman–Crippen LogP) is 0.667. The van der Waals surface area contributed by atoms with E-state index >= 15 is 0 Å². The lowest BCUT2D eigenvalue weighted by Gasteiger charge is -2.14. The summed E-state index contributed by atoms with van der Waals surface area (Å²) in [7, 11) is 0. The van der Waals surface area contributed by atoms with Crippen molar-refractivity contribution < 1.29 is 4.79 Å². The van der Waals surface area contributed by atoms with Crippen LogP contribution in [0.3, 0.4) is 0 Å². The van der Waals surface area contributed by atoms with Crippen LogP contribution in [0.5, 0.6) is 0 Å². The maximum absolute atomic E-state index is 11.8. The van der Waals surface area contributed by atoms with Crippen LogP contribution in [0, 0.1) is 11.8 Å². The molecule has 0 spiro atoms. The van der Waals surface area contributed by atoms with Gasteiger partial charge < -0.3 is 10.6 Å². The molecule has 2 N–H and O–H groups in total. The van der Waals surface area contributed by atoms with Crippen molar-refractivity contribution in [2.45, 2.75) is 19.9 Å². The summed E-state index contributed by atoms with van der Waals surface area (Å²) in [4.78, 5) is 11.8. The number of rotatable bonds is 5. The van der Waals surface area contributed by atoms with E-state index in [0.717, 1.165) is 32.6 Å². The molecule has 2 heterocycles. The van der Waals surface area contributed by atoms with Gasteiger partial charge in [0.15, 0.2) is 0 Å². The van der Waals surface area contributed by atoms with E-state index in [2.05, 4.69) is 22.7 Å². The molecule has 1 aliphatic rings. The van der Waals surface area contributed by atoms with Crippen LogP contribution < -0.4 is 10.6 Å². The van der Waals surface area contributed by atoms with E-state index in [9.17, 15) is 4.79 Å². The van der Waals surface area contributed by atoms with Gasteiger partial charge in [-0.2, -0.15) is 5.10 Å². The summed E-state index contributed by atoms with van der Waals surface area (Å²) in [6.07, 6.45) is 4.67. The van der Waals surface area contributed by atoms with Crippen molar-refractivity contribution in [3.8, 4) is 0 Å². The Morgan fingerprint density at radius 3 is 3.11 bits per heavy atom. The number of nitrogens with zero attached hydrogens (tertiary/aromatic N) is 2. The monoisotopic (exact) mass is 272 g/mol. The fourth-order valence-corrected chi connectivity index (χ4v) is 2.09. The summed E-state index contributed by atoms with van der Waals surface area (Å²) in [6.45, 7) is 5.46. The largest absolute Gasteiger partial charge is 0.355 e. The van der Waals surface area contributed by atoms with Gasteiger partial charge in [0.2, 0.25) is 5.91 Å². The van der Waals surface area contributed by atoms with Crippen LogP contribution in [0.1, 0.15) is 13.3 Å². The van der Waals surface area contributed by atoms with Crippen LogP contribution in [-0.4, -0.2) is 35.3 Å². The van der Waals surface area contributed by atoms with Crippen molar-refractivity contribution in [2.24, 2.45) is 11.8 Å². The molecule has 1 saturated heterocycles. The molecule has 1 aliphatic heterocycles. The smallest absolute Gasteiger partial charge is 0.224 e. The van der Waals surface area contributed by atoms with Gasteiger partial charge in [0.1, 0.15) is 0 Å². The van der Waals surface area contributed by atoms with E-state index in [-0.39, 0.29) is 24.2 Å². The third-order valence-electron chi connectivity index (χ3n) is 3.11. The van der Waals surface area contributed by atoms with Crippen LogP contribution in [0.25, 0.3) is 0 Å². The number of carbonyl (C=O) groups excluding carboxylic acids is 1. The van der Waals surface area contributed by atoms with Gasteiger partial charge in [0.05, 0.1) is 5.92 Å². The lowest BCUT2D eigenvalue weighted by molar-refractivity contribution is -0.124. The second-order valence-corrected chi connectivity index (χ2v) is 4.77. The first-order valence-corrected chi connectivity index (χ1v) is 6.21. The number of hydrogen-bond acceptors (Lipinski definition) is 3. The number of amides is 1. The average Bonchev–Trinajstić information content (AvgIpc) is 2.97. The first-order valence-electron chi connectivity index (χ1n) is 6.21. The van der Waals surface area contributed by atoms with Crippen LogP contribution in [0.15, 0.2) is 18.5 Å². The minimum absolute atomic E-state index is 0. The maximum atomic E-state index is 11.8. The summed E-state index contributed by atoms with van der Waals surface area (Å²) in [5.74, 6) is 0.738. The molecule has 0 bridgehead atoms. The molecule has 1 aromatic rings. The van der Waals surface area contributed by atoms with Crippen LogP contribution >= 0.6 is 12.4 Å². The van der Waals surface area contributed by atoms with Crippen molar-refractivity contribution in [3.05, 3.63) is 18.5 Å². The van der Waals surface area contributed by atoms with Gasteiger partial charge >= 0.3 is 0 Å². The summed E-state index contributed by atoms with van der Waals surface area (Å²) >= 11 is 0. The molecule has 1 amide bonds. The molecule has 18 heavy (non-hydrogen) atoms. The highest BCUT2D eigenvalue weighted by atomic mass is 35.5. The zero-order valence-corrected chi connectivity index (χ0v) is 11.4. The van der Waals surface area contributed by atoms with Crippen LogP contribution in [0.4, 0.5) is 0 Å². The average molecular weight is 273 g/mol. The zero-order valence-electron chi connectivity index (χ0n) is 10.6. The highest BCUT2D eigenvalue weighted by Crippen LogP contribution is 2.07. The van der Waals surface area contributed by atoms with Crippen molar-refractivity contribution in [2.75, 3.05) is 19.6 Å². The third kappa shape index (κ3) is 4.31. The van der Waals surface area contributed by atoms with Crippen molar-refractivity contribution in [3.63, 3.8) is 0 Å². The fourth-order valence-electron chi connectivity index (χ4n) is 2.09. The first-order chi connectivity index (χ1) is 8.25. The standard InChI is InChI=1S/C12H20N4O.ClH/c1-10(9-16-6-2-4-15-16)7-14-12(17)11-3-5-13-8-11;/h2,4,6,10-11,13H,3,5,7-9H2,1H3,(H,14,17);1H. The summed E-state index contributed by atoms with van der Waals surface area (Å²) < 4.78 is 1.90. The summed E-state index contributed by atoms with van der Waals surface area (Å²) in [6, 6.07) is 1.91. The zero-order chi connectivity index (χ0) is 12.1. The Bertz CT molecular complexity index is 349. The van der Waals surface area contributed by atoms with Gasteiger partial charge in [-0.1, -0.05) is 6.92 Å². The molecule has 5 nitrogen and oxygen atoms in total. The summed E-state index contributed by atoms with van der Waals surface area (Å²) in [5, 5.41) is 10.4. The Hall–Kier alpha value is -1.07. The van der Waals surface area contributed by atoms with Crippen molar-refractivity contribution in [1.82, 2.24) is 20.4 Å². The Labute approximate surface area is 114 Å². The van der Waals surface area contributed by atoms with Gasteiger partial charge in [-0.15, -0.1) is 12.4 Å². The number of hydrogen-bond donors (Lipinski definition) is 2. The Kier molecular flexibility index (Phi) is 6.15. The number of aromatic nitrogens is 2. The van der Waals surface area contributed by atoms with E-state index in [0.29, 0.717) is 5.92 Å². The van der Waals surface area contributed by atoms with E-state index in [1.54, 1.807) is 6.20 Å². The second-order valence-electron chi connectivity index (χ2n) is 4.77. The molecule has 0 aromatic carbocycles. The maximum Gasteiger partial charge on any atom is 0.224 e. The molecule has 6 heteroatoms. The molecule has 2 unspecified atom stereocenters. The quantitative estimate of drug-likeness (QED) is 0.828. The minimum atomic E-state index is 0. The van der Waals surface area contributed by atoms with Gasteiger partial charge in [-0.3, -0.25) is 9.48 Å². The lowest BCUT2D eigenvalue weighted by atomic mass is 10.1. The van der Waals surface area contributed by atoms with Gasteiger partial charge in [0, 0.05) is 32.0 Å².